The predicted molar refractivity (Wildman–Crippen MR) is 238 cm³/mol. The SMILES string of the molecule is [2H]c1cc(-c2ccnc(-c3[c-]c(-c4cccc5c4nc(-c4ccccc4O)n5-c4cc(-c5ccccc5)cc(C([2H])(C)C)c4)cc(C(C)(C)C)c3)c2)c([2H])c([2H])c1C(C([2H])([2H])[2H])(C([2H])([2H])[2H])C([2H])([2H])[2H].[Pt]. The number of phenolic OH excluding ortho intramolecular Hbond substituents is 1. The van der Waals surface area contributed by atoms with Crippen LogP contribution < -0.4 is 0 Å². The van der Waals surface area contributed by atoms with Gasteiger partial charge in [-0.15, -0.1) is 29.3 Å². The molecule has 2 heterocycles. The first-order chi connectivity index (χ1) is 32.5. The Labute approximate surface area is 376 Å². The summed E-state index contributed by atoms with van der Waals surface area (Å²) < 4.78 is 112. The van der Waals surface area contributed by atoms with E-state index in [9.17, 15) is 5.11 Å². The van der Waals surface area contributed by atoms with Gasteiger partial charge in [0.05, 0.1) is 20.7 Å². The van der Waals surface area contributed by atoms with Crippen molar-refractivity contribution in [2.24, 2.45) is 0 Å². The number of hydrogen-bond acceptors (Lipinski definition) is 3. The van der Waals surface area contributed by atoms with Crippen molar-refractivity contribution in [1.82, 2.24) is 14.5 Å². The first-order valence-electron chi connectivity index (χ1n) is 25.2. The minimum absolute atomic E-state index is 0. The van der Waals surface area contributed by atoms with Crippen LogP contribution in [0.15, 0.2) is 146 Å². The average Bonchev–Trinajstić information content (AvgIpc) is 3.67. The van der Waals surface area contributed by atoms with E-state index in [1.54, 1.807) is 24.3 Å². The van der Waals surface area contributed by atoms with Crippen molar-refractivity contribution >= 4 is 11.0 Å². The molecule has 0 atom stereocenters. The molecule has 1 N–H and O–H groups in total. The third-order valence-electron chi connectivity index (χ3n) is 10.1. The number of pyridine rings is 1. The van der Waals surface area contributed by atoms with E-state index in [1.807, 2.05) is 97.3 Å². The molecule has 0 amide bonds. The fourth-order valence-electron chi connectivity index (χ4n) is 6.98. The van der Waals surface area contributed by atoms with Gasteiger partial charge in [-0.3, -0.25) is 9.55 Å². The monoisotopic (exact) mass is 952 g/mol. The van der Waals surface area contributed by atoms with E-state index in [2.05, 4.69) is 37.9 Å². The molecule has 6 aromatic carbocycles. The minimum Gasteiger partial charge on any atom is -0.507 e. The first-order valence-corrected chi connectivity index (χ1v) is 18.7. The van der Waals surface area contributed by atoms with Gasteiger partial charge in [-0.25, -0.2) is 4.98 Å². The van der Waals surface area contributed by atoms with Crippen molar-refractivity contribution in [1.29, 1.82) is 0 Å². The van der Waals surface area contributed by atoms with Crippen LogP contribution in [0.2, 0.25) is 0 Å². The quantitative estimate of drug-likeness (QED) is 0.162. The summed E-state index contributed by atoms with van der Waals surface area (Å²) in [5.74, 6) is -0.471. The predicted octanol–water partition coefficient (Wildman–Crippen LogP) is 14.0. The van der Waals surface area contributed by atoms with Crippen LogP contribution in [0, 0.1) is 6.07 Å². The number of aromatic hydroxyl groups is 1. The zero-order chi connectivity index (χ0) is 51.1. The van der Waals surface area contributed by atoms with Crippen molar-refractivity contribution in [3.05, 3.63) is 168 Å². The molecule has 0 saturated carbocycles. The molecule has 8 aromatic rings. The Morgan fingerprint density at radius 2 is 1.43 bits per heavy atom. The third kappa shape index (κ3) is 8.09. The molecule has 5 heteroatoms. The van der Waals surface area contributed by atoms with Crippen molar-refractivity contribution in [3.8, 4) is 67.5 Å². The van der Waals surface area contributed by atoms with Crippen LogP contribution in [0.1, 0.15) is 95.6 Å². The maximum atomic E-state index is 11.4. The molecule has 0 fully saturated rings. The standard InChI is InChI=1S/C53H50N3O.Pt/c1-34(2)38-27-39(35-15-10-9-11-16-35)32-44(31-38)56-48-19-14-18-45(50(48)55-51(56)46-17-12-13-20-49(46)57)40-28-41(30-43(29-40)53(6,7)8)47-33-37(25-26-54-47)36-21-23-42(24-22-36)52(3,4)5;/h9-27,29-34,57H,1-8H3;/q-1;/i3D3,4D3,5D3,21D,23D,24D,34D;. The smallest absolute Gasteiger partial charge is 0.148 e. The molecule has 0 aliphatic rings. The van der Waals surface area contributed by atoms with E-state index in [4.69, 9.17) is 22.8 Å². The third-order valence-corrected chi connectivity index (χ3v) is 10.1. The zero-order valence-corrected chi connectivity index (χ0v) is 35.0. The van der Waals surface area contributed by atoms with Gasteiger partial charge in [0.1, 0.15) is 11.6 Å². The number of hydrogen-bond donors (Lipinski definition) is 1. The summed E-state index contributed by atoms with van der Waals surface area (Å²) >= 11 is 0. The van der Waals surface area contributed by atoms with E-state index in [1.165, 1.54) is 12.3 Å². The Morgan fingerprint density at radius 1 is 0.690 bits per heavy atom. The number of imidazole rings is 1. The summed E-state index contributed by atoms with van der Waals surface area (Å²) in [6.07, 6.45) is 1.47. The molecule has 0 aliphatic carbocycles. The van der Waals surface area contributed by atoms with Gasteiger partial charge >= 0.3 is 0 Å². The molecule has 4 nitrogen and oxygen atoms in total. The fraction of sp³-hybridized carbons (Fsp3) is 0.208. The summed E-state index contributed by atoms with van der Waals surface area (Å²) in [7, 11) is 0. The Hall–Kier alpha value is -5.57. The van der Waals surface area contributed by atoms with Crippen LogP contribution in [-0.4, -0.2) is 19.6 Å². The number of phenols is 1. The van der Waals surface area contributed by atoms with Crippen LogP contribution >= 0.6 is 0 Å². The molecule has 0 radical (unpaired) electrons. The molecule has 58 heavy (non-hydrogen) atoms. The van der Waals surface area contributed by atoms with Crippen molar-refractivity contribution in [2.75, 3.05) is 0 Å². The number of para-hydroxylation sites is 2. The van der Waals surface area contributed by atoms with E-state index in [0.29, 0.717) is 44.8 Å². The number of rotatable bonds is 7. The van der Waals surface area contributed by atoms with Gasteiger partial charge in [-0.05, 0) is 86.5 Å². The molecule has 0 bridgehead atoms. The maximum Gasteiger partial charge on any atom is 0.148 e. The number of aromatic nitrogens is 3. The number of benzene rings is 6. The summed E-state index contributed by atoms with van der Waals surface area (Å²) in [6.45, 7) is -1.29. The van der Waals surface area contributed by atoms with Gasteiger partial charge in [0.25, 0.3) is 0 Å². The van der Waals surface area contributed by atoms with Crippen molar-refractivity contribution in [3.63, 3.8) is 0 Å². The van der Waals surface area contributed by atoms with Gasteiger partial charge in [-0.1, -0.05) is 157 Å². The van der Waals surface area contributed by atoms with Crippen molar-refractivity contribution in [2.45, 2.75) is 71.9 Å². The van der Waals surface area contributed by atoms with Gasteiger partial charge < -0.3 is 5.11 Å². The molecule has 2 aromatic heterocycles. The summed E-state index contributed by atoms with van der Waals surface area (Å²) in [4.78, 5) is 9.97. The second-order valence-corrected chi connectivity index (χ2v) is 15.5. The summed E-state index contributed by atoms with van der Waals surface area (Å²) in [6, 6.07) is 38.1. The topological polar surface area (TPSA) is 50.9 Å². The molecule has 8 rings (SSSR count). The maximum absolute atomic E-state index is 11.4. The van der Waals surface area contributed by atoms with E-state index in [0.717, 1.165) is 34.0 Å². The van der Waals surface area contributed by atoms with Gasteiger partial charge in [0.2, 0.25) is 0 Å². The summed E-state index contributed by atoms with van der Waals surface area (Å²) in [5, 5.41) is 11.4. The largest absolute Gasteiger partial charge is 0.507 e. The fourth-order valence-corrected chi connectivity index (χ4v) is 6.98. The van der Waals surface area contributed by atoms with Crippen molar-refractivity contribution < 1.29 is 44.0 Å². The Balaban J connectivity index is 0.00000741. The van der Waals surface area contributed by atoms with Crippen LogP contribution in [0.4, 0.5) is 0 Å². The Kier molecular flexibility index (Phi) is 7.49. The Bertz CT molecular complexity index is 3280. The first kappa shape index (κ1) is 27.2. The van der Waals surface area contributed by atoms with Crippen LogP contribution in [0.3, 0.4) is 0 Å². The molecular weight excluding hydrogens is 890 g/mol. The van der Waals surface area contributed by atoms with E-state index < -0.39 is 61.0 Å². The second kappa shape index (κ2) is 16.0. The van der Waals surface area contributed by atoms with Crippen LogP contribution in [-0.2, 0) is 31.9 Å². The molecule has 0 unspecified atom stereocenters. The molecule has 294 valence electrons. The van der Waals surface area contributed by atoms with Gasteiger partial charge in [0.15, 0.2) is 0 Å². The zero-order valence-electron chi connectivity index (χ0n) is 45.7. The molecule has 0 saturated heterocycles. The minimum atomic E-state index is -3.72. The number of nitrogens with zero attached hydrogens (tertiary/aromatic N) is 3. The van der Waals surface area contributed by atoms with E-state index >= 15 is 0 Å². The van der Waals surface area contributed by atoms with Crippen LogP contribution in [0.25, 0.3) is 72.7 Å². The van der Waals surface area contributed by atoms with Crippen LogP contribution in [0.5, 0.6) is 5.75 Å². The molecule has 0 aliphatic heterocycles. The molecule has 0 spiro atoms. The normalized spacial score (nSPS) is 16.0. The van der Waals surface area contributed by atoms with E-state index in [-0.39, 0.29) is 37.9 Å². The van der Waals surface area contributed by atoms with Gasteiger partial charge in [0, 0.05) is 52.4 Å². The second-order valence-electron chi connectivity index (χ2n) is 15.5. The Morgan fingerprint density at radius 3 is 2.17 bits per heavy atom. The number of fused-ring (bicyclic) bond motifs is 1. The molecular formula is C53H50N3OPt-. The van der Waals surface area contributed by atoms with Gasteiger partial charge in [-0.2, -0.15) is 0 Å². The summed E-state index contributed by atoms with van der Waals surface area (Å²) in [5.41, 5.74) is 3.50. The average molecular weight is 953 g/mol.